The standard InChI is InChI=1S/C19H17NO/c1-13-6-3-7-14(2)17(13)12-19(21)16-8-4-10-18-15(16)9-5-11-20-18/h3-11H,12H2,1-2H3. The van der Waals surface area contributed by atoms with Crippen LogP contribution in [0.2, 0.25) is 0 Å². The van der Waals surface area contributed by atoms with E-state index >= 15 is 0 Å². The Morgan fingerprint density at radius 2 is 1.67 bits per heavy atom. The number of aryl methyl sites for hydroxylation is 2. The molecule has 0 saturated heterocycles. The van der Waals surface area contributed by atoms with Gasteiger partial charge >= 0.3 is 0 Å². The number of ketones is 1. The van der Waals surface area contributed by atoms with Gasteiger partial charge in [-0.25, -0.2) is 0 Å². The van der Waals surface area contributed by atoms with Crippen molar-refractivity contribution in [1.29, 1.82) is 0 Å². The maximum absolute atomic E-state index is 12.7. The zero-order valence-corrected chi connectivity index (χ0v) is 12.3. The smallest absolute Gasteiger partial charge is 0.167 e. The van der Waals surface area contributed by atoms with E-state index in [1.807, 2.05) is 36.4 Å². The first-order valence-electron chi connectivity index (χ1n) is 7.09. The average Bonchev–Trinajstić information content (AvgIpc) is 2.50. The summed E-state index contributed by atoms with van der Waals surface area (Å²) in [5, 5.41) is 0.927. The van der Waals surface area contributed by atoms with Crippen LogP contribution < -0.4 is 0 Å². The van der Waals surface area contributed by atoms with Crippen molar-refractivity contribution in [3.05, 3.63) is 77.0 Å². The van der Waals surface area contributed by atoms with Crippen molar-refractivity contribution in [2.24, 2.45) is 0 Å². The van der Waals surface area contributed by atoms with E-state index in [1.54, 1.807) is 6.20 Å². The number of hydrogen-bond donors (Lipinski definition) is 0. The summed E-state index contributed by atoms with van der Waals surface area (Å²) in [5.74, 6) is 0.144. The fraction of sp³-hybridized carbons (Fsp3) is 0.158. The molecule has 0 atom stereocenters. The molecule has 0 bridgehead atoms. The molecule has 2 heteroatoms. The highest BCUT2D eigenvalue weighted by Crippen LogP contribution is 2.21. The van der Waals surface area contributed by atoms with Crippen LogP contribution in [0.3, 0.4) is 0 Å². The van der Waals surface area contributed by atoms with E-state index < -0.39 is 0 Å². The molecule has 2 nitrogen and oxygen atoms in total. The van der Waals surface area contributed by atoms with E-state index in [1.165, 1.54) is 11.1 Å². The van der Waals surface area contributed by atoms with Gasteiger partial charge in [-0.15, -0.1) is 0 Å². The number of nitrogens with zero attached hydrogens (tertiary/aromatic N) is 1. The van der Waals surface area contributed by atoms with Gasteiger partial charge in [0.1, 0.15) is 0 Å². The van der Waals surface area contributed by atoms with E-state index in [2.05, 4.69) is 31.0 Å². The minimum atomic E-state index is 0.144. The average molecular weight is 275 g/mol. The van der Waals surface area contributed by atoms with E-state index in [0.717, 1.165) is 22.0 Å². The predicted octanol–water partition coefficient (Wildman–Crippen LogP) is 4.28. The maximum Gasteiger partial charge on any atom is 0.167 e. The van der Waals surface area contributed by atoms with Crippen LogP contribution in [-0.4, -0.2) is 10.8 Å². The van der Waals surface area contributed by atoms with Gasteiger partial charge in [0.2, 0.25) is 0 Å². The summed E-state index contributed by atoms with van der Waals surface area (Å²) < 4.78 is 0. The van der Waals surface area contributed by atoms with Gasteiger partial charge in [-0.3, -0.25) is 9.78 Å². The third-order valence-electron chi connectivity index (χ3n) is 3.93. The van der Waals surface area contributed by atoms with Crippen molar-refractivity contribution in [2.75, 3.05) is 0 Å². The number of fused-ring (bicyclic) bond motifs is 1. The van der Waals surface area contributed by atoms with Crippen molar-refractivity contribution in [3.63, 3.8) is 0 Å². The summed E-state index contributed by atoms with van der Waals surface area (Å²) in [6.45, 7) is 4.11. The monoisotopic (exact) mass is 275 g/mol. The first-order chi connectivity index (χ1) is 10.2. The van der Waals surface area contributed by atoms with Crippen molar-refractivity contribution in [3.8, 4) is 0 Å². The third kappa shape index (κ3) is 2.57. The Balaban J connectivity index is 2.02. The molecule has 0 aliphatic carbocycles. The topological polar surface area (TPSA) is 30.0 Å². The Hall–Kier alpha value is -2.48. The number of rotatable bonds is 3. The molecule has 3 aromatic rings. The zero-order chi connectivity index (χ0) is 14.8. The van der Waals surface area contributed by atoms with Gasteiger partial charge in [0.25, 0.3) is 0 Å². The van der Waals surface area contributed by atoms with Gasteiger partial charge in [-0.05, 0) is 42.7 Å². The summed E-state index contributed by atoms with van der Waals surface area (Å²) in [4.78, 5) is 17.0. The highest BCUT2D eigenvalue weighted by Gasteiger charge is 2.13. The lowest BCUT2D eigenvalue weighted by molar-refractivity contribution is 0.0994. The van der Waals surface area contributed by atoms with Crippen LogP contribution in [0.5, 0.6) is 0 Å². The Labute approximate surface area is 124 Å². The van der Waals surface area contributed by atoms with E-state index in [-0.39, 0.29) is 5.78 Å². The molecule has 1 heterocycles. The number of hydrogen-bond acceptors (Lipinski definition) is 2. The highest BCUT2D eigenvalue weighted by atomic mass is 16.1. The summed E-state index contributed by atoms with van der Waals surface area (Å²) in [6.07, 6.45) is 2.19. The summed E-state index contributed by atoms with van der Waals surface area (Å²) in [5.41, 5.74) is 5.08. The van der Waals surface area contributed by atoms with E-state index in [9.17, 15) is 4.79 Å². The molecule has 0 radical (unpaired) electrons. The molecule has 21 heavy (non-hydrogen) atoms. The molecule has 0 amide bonds. The van der Waals surface area contributed by atoms with Crippen molar-refractivity contribution < 1.29 is 4.79 Å². The normalized spacial score (nSPS) is 10.8. The molecule has 0 N–H and O–H groups in total. The molecule has 0 saturated carbocycles. The van der Waals surface area contributed by atoms with Gasteiger partial charge < -0.3 is 0 Å². The second-order valence-electron chi connectivity index (χ2n) is 5.35. The van der Waals surface area contributed by atoms with E-state index in [4.69, 9.17) is 0 Å². The quantitative estimate of drug-likeness (QED) is 0.668. The van der Waals surface area contributed by atoms with Crippen molar-refractivity contribution in [2.45, 2.75) is 20.3 Å². The molecule has 0 fully saturated rings. The Morgan fingerprint density at radius 3 is 2.43 bits per heavy atom. The van der Waals surface area contributed by atoms with Crippen LogP contribution in [0.4, 0.5) is 0 Å². The molecule has 0 unspecified atom stereocenters. The second-order valence-corrected chi connectivity index (χ2v) is 5.35. The lowest BCUT2D eigenvalue weighted by atomic mass is 9.94. The van der Waals surface area contributed by atoms with Gasteiger partial charge in [0.15, 0.2) is 5.78 Å². The summed E-state index contributed by atoms with van der Waals surface area (Å²) in [6, 6.07) is 15.7. The summed E-state index contributed by atoms with van der Waals surface area (Å²) >= 11 is 0. The van der Waals surface area contributed by atoms with E-state index in [0.29, 0.717) is 6.42 Å². The Kier molecular flexibility index (Phi) is 3.53. The van der Waals surface area contributed by atoms with Gasteiger partial charge in [0.05, 0.1) is 5.52 Å². The number of carbonyl (C=O) groups is 1. The molecule has 3 rings (SSSR count). The largest absolute Gasteiger partial charge is 0.294 e. The first-order valence-corrected chi connectivity index (χ1v) is 7.09. The molecule has 0 spiro atoms. The van der Waals surface area contributed by atoms with Crippen LogP contribution in [0, 0.1) is 13.8 Å². The number of aromatic nitrogens is 1. The molecule has 104 valence electrons. The van der Waals surface area contributed by atoms with Gasteiger partial charge in [-0.2, -0.15) is 0 Å². The fourth-order valence-corrected chi connectivity index (χ4v) is 2.73. The van der Waals surface area contributed by atoms with Crippen molar-refractivity contribution in [1.82, 2.24) is 4.98 Å². The van der Waals surface area contributed by atoms with Crippen molar-refractivity contribution >= 4 is 16.7 Å². The highest BCUT2D eigenvalue weighted by molar-refractivity contribution is 6.08. The number of benzene rings is 2. The number of carbonyl (C=O) groups excluding carboxylic acids is 1. The van der Waals surface area contributed by atoms with Crippen LogP contribution >= 0.6 is 0 Å². The predicted molar refractivity (Wildman–Crippen MR) is 85.7 cm³/mol. The fourth-order valence-electron chi connectivity index (χ4n) is 2.73. The van der Waals surface area contributed by atoms with Crippen LogP contribution in [-0.2, 0) is 6.42 Å². The van der Waals surface area contributed by atoms with Crippen LogP contribution in [0.1, 0.15) is 27.0 Å². The zero-order valence-electron chi connectivity index (χ0n) is 12.3. The number of Topliss-reactive ketones (excluding diaryl/α,β-unsaturated/α-hetero) is 1. The Morgan fingerprint density at radius 1 is 0.952 bits per heavy atom. The second kappa shape index (κ2) is 5.49. The maximum atomic E-state index is 12.7. The molecule has 0 aliphatic heterocycles. The Bertz CT molecular complexity index is 795. The molecular weight excluding hydrogens is 258 g/mol. The minimum Gasteiger partial charge on any atom is -0.294 e. The van der Waals surface area contributed by atoms with Gasteiger partial charge in [-0.1, -0.05) is 36.4 Å². The first kappa shape index (κ1) is 13.5. The number of pyridine rings is 1. The SMILES string of the molecule is Cc1cccc(C)c1CC(=O)c1cccc2ncccc12. The molecular formula is C19H17NO. The van der Waals surface area contributed by atoms with Crippen LogP contribution in [0.25, 0.3) is 10.9 Å². The lowest BCUT2D eigenvalue weighted by Crippen LogP contribution is -2.07. The lowest BCUT2D eigenvalue weighted by Gasteiger charge is -2.10. The van der Waals surface area contributed by atoms with Gasteiger partial charge in [0, 0.05) is 23.6 Å². The minimum absolute atomic E-state index is 0.144. The molecule has 0 aliphatic rings. The summed E-state index contributed by atoms with van der Waals surface area (Å²) in [7, 11) is 0. The molecule has 2 aromatic carbocycles. The van der Waals surface area contributed by atoms with Crippen LogP contribution in [0.15, 0.2) is 54.7 Å². The molecule has 1 aromatic heterocycles. The third-order valence-corrected chi connectivity index (χ3v) is 3.93.